The van der Waals surface area contributed by atoms with Crippen molar-refractivity contribution >= 4 is 28.9 Å². The summed E-state index contributed by atoms with van der Waals surface area (Å²) in [6.45, 7) is 0. The van der Waals surface area contributed by atoms with Crippen LogP contribution < -0.4 is 10.1 Å². The van der Waals surface area contributed by atoms with Gasteiger partial charge in [0, 0.05) is 17.8 Å². The molecule has 2 aromatic heterocycles. The summed E-state index contributed by atoms with van der Waals surface area (Å²) in [5.74, 6) is 0.699. The number of methoxy groups -OCH3 is 1. The average molecular weight is 371 g/mol. The van der Waals surface area contributed by atoms with Crippen molar-refractivity contribution in [3.8, 4) is 17.2 Å². The van der Waals surface area contributed by atoms with E-state index < -0.39 is 0 Å². The maximum absolute atomic E-state index is 12.3. The number of aromatic nitrogens is 2. The number of rotatable bonds is 5. The maximum Gasteiger partial charge on any atom is 0.248 e. The molecular weight excluding hydrogens is 354 g/mol. The zero-order valence-electron chi connectivity index (χ0n) is 15.1. The fourth-order valence-electron chi connectivity index (χ4n) is 2.74. The maximum atomic E-state index is 12.3. The van der Waals surface area contributed by atoms with Crippen LogP contribution in [0.25, 0.3) is 28.8 Å². The molecule has 0 fully saturated rings. The molecule has 4 aromatic rings. The predicted octanol–water partition coefficient (Wildman–Crippen LogP) is 4.55. The highest BCUT2D eigenvalue weighted by molar-refractivity contribution is 6.03. The van der Waals surface area contributed by atoms with E-state index >= 15 is 0 Å². The van der Waals surface area contributed by atoms with E-state index in [1.165, 1.54) is 6.08 Å². The zero-order chi connectivity index (χ0) is 19.3. The van der Waals surface area contributed by atoms with E-state index in [2.05, 4.69) is 15.3 Å². The Labute approximate surface area is 161 Å². The van der Waals surface area contributed by atoms with Gasteiger partial charge in [-0.2, -0.15) is 4.98 Å². The molecular formula is C22H17N3O3. The summed E-state index contributed by atoms with van der Waals surface area (Å²) in [6, 6.07) is 18.5. The first-order valence-electron chi connectivity index (χ1n) is 8.67. The van der Waals surface area contributed by atoms with E-state index in [4.69, 9.17) is 9.15 Å². The second-order valence-corrected chi connectivity index (χ2v) is 5.99. The topological polar surface area (TPSA) is 77.2 Å². The molecule has 6 nitrogen and oxygen atoms in total. The first kappa shape index (κ1) is 17.5. The monoisotopic (exact) mass is 371 g/mol. The first-order chi connectivity index (χ1) is 13.7. The number of pyridine rings is 1. The Morgan fingerprint density at radius 3 is 2.75 bits per heavy atom. The fourth-order valence-corrected chi connectivity index (χ4v) is 2.74. The molecule has 0 aliphatic heterocycles. The van der Waals surface area contributed by atoms with Gasteiger partial charge in [0.05, 0.1) is 12.8 Å². The molecule has 0 aliphatic rings. The van der Waals surface area contributed by atoms with Crippen LogP contribution >= 0.6 is 0 Å². The second-order valence-electron chi connectivity index (χ2n) is 5.99. The van der Waals surface area contributed by atoms with E-state index in [0.29, 0.717) is 34.1 Å². The number of oxazole rings is 1. The van der Waals surface area contributed by atoms with Crippen molar-refractivity contribution in [2.45, 2.75) is 0 Å². The van der Waals surface area contributed by atoms with E-state index in [0.717, 1.165) is 5.56 Å². The molecule has 0 unspecified atom stereocenters. The van der Waals surface area contributed by atoms with Gasteiger partial charge < -0.3 is 14.5 Å². The number of anilines is 1. The first-order valence-corrected chi connectivity index (χ1v) is 8.67. The minimum atomic E-state index is -0.265. The van der Waals surface area contributed by atoms with Crippen LogP contribution in [0.2, 0.25) is 0 Å². The summed E-state index contributed by atoms with van der Waals surface area (Å²) >= 11 is 0. The van der Waals surface area contributed by atoms with Crippen molar-refractivity contribution in [1.29, 1.82) is 0 Å². The summed E-state index contributed by atoms with van der Waals surface area (Å²) in [5, 5.41) is 2.84. The Morgan fingerprint density at radius 2 is 1.96 bits per heavy atom. The number of nitrogens with zero attached hydrogens (tertiary/aromatic N) is 2. The highest BCUT2D eigenvalue weighted by Crippen LogP contribution is 2.31. The Kier molecular flexibility index (Phi) is 4.84. The van der Waals surface area contributed by atoms with Gasteiger partial charge in [0.2, 0.25) is 11.8 Å². The molecule has 0 atom stereocenters. The van der Waals surface area contributed by atoms with Crippen LogP contribution in [0, 0.1) is 0 Å². The Bertz CT molecular complexity index is 1120. The van der Waals surface area contributed by atoms with Crippen LogP contribution in [0.5, 0.6) is 5.75 Å². The third kappa shape index (κ3) is 3.76. The van der Waals surface area contributed by atoms with Crippen molar-refractivity contribution in [3.63, 3.8) is 0 Å². The average Bonchev–Trinajstić information content (AvgIpc) is 3.17. The lowest BCUT2D eigenvalue weighted by molar-refractivity contribution is -0.111. The number of hydrogen-bond donors (Lipinski definition) is 1. The lowest BCUT2D eigenvalue weighted by atomic mass is 10.1. The number of hydrogen-bond acceptors (Lipinski definition) is 5. The van der Waals surface area contributed by atoms with E-state index in [1.807, 2.05) is 36.4 Å². The van der Waals surface area contributed by atoms with E-state index in [1.54, 1.807) is 43.6 Å². The SMILES string of the molecule is COc1ccc(-c2nc3ncccc3o2)cc1NC(=O)/C=C/c1ccccc1. The Balaban J connectivity index is 1.60. The predicted molar refractivity (Wildman–Crippen MR) is 108 cm³/mol. The van der Waals surface area contributed by atoms with Gasteiger partial charge in [-0.05, 0) is 42.0 Å². The minimum absolute atomic E-state index is 0.265. The number of carbonyl (C=O) groups excluding carboxylic acids is 1. The van der Waals surface area contributed by atoms with Gasteiger partial charge in [0.25, 0.3) is 0 Å². The van der Waals surface area contributed by atoms with Gasteiger partial charge in [0.1, 0.15) is 5.75 Å². The number of benzene rings is 2. The number of nitrogens with one attached hydrogen (secondary N) is 1. The molecule has 28 heavy (non-hydrogen) atoms. The molecule has 138 valence electrons. The molecule has 2 aromatic carbocycles. The molecule has 1 N–H and O–H groups in total. The fraction of sp³-hybridized carbons (Fsp3) is 0.0455. The lowest BCUT2D eigenvalue weighted by Gasteiger charge is -2.10. The van der Waals surface area contributed by atoms with Crippen molar-refractivity contribution in [2.75, 3.05) is 12.4 Å². The summed E-state index contributed by atoms with van der Waals surface area (Å²) in [5.41, 5.74) is 3.31. The molecule has 0 saturated heterocycles. The summed E-state index contributed by atoms with van der Waals surface area (Å²) in [7, 11) is 1.55. The largest absolute Gasteiger partial charge is 0.495 e. The zero-order valence-corrected chi connectivity index (χ0v) is 15.1. The number of carbonyl (C=O) groups is 1. The van der Waals surface area contributed by atoms with E-state index in [9.17, 15) is 4.79 Å². The van der Waals surface area contributed by atoms with E-state index in [-0.39, 0.29) is 5.91 Å². The van der Waals surface area contributed by atoms with Crippen molar-refractivity contribution < 1.29 is 13.9 Å². The van der Waals surface area contributed by atoms with Gasteiger partial charge in [-0.3, -0.25) is 4.79 Å². The summed E-state index contributed by atoms with van der Waals surface area (Å²) in [4.78, 5) is 20.9. The van der Waals surface area contributed by atoms with Crippen LogP contribution in [0.4, 0.5) is 5.69 Å². The summed E-state index contributed by atoms with van der Waals surface area (Å²) < 4.78 is 11.1. The van der Waals surface area contributed by atoms with Crippen LogP contribution in [0.15, 0.2) is 77.4 Å². The quantitative estimate of drug-likeness (QED) is 0.521. The van der Waals surface area contributed by atoms with Crippen LogP contribution in [0.3, 0.4) is 0 Å². The van der Waals surface area contributed by atoms with Gasteiger partial charge in [-0.25, -0.2) is 4.98 Å². The van der Waals surface area contributed by atoms with Gasteiger partial charge in [-0.15, -0.1) is 0 Å². The Morgan fingerprint density at radius 1 is 1.11 bits per heavy atom. The van der Waals surface area contributed by atoms with Crippen LogP contribution in [0.1, 0.15) is 5.56 Å². The van der Waals surface area contributed by atoms with Crippen LogP contribution in [-0.4, -0.2) is 23.0 Å². The number of ether oxygens (including phenoxy) is 1. The summed E-state index contributed by atoms with van der Waals surface area (Å²) in [6.07, 6.45) is 4.89. The molecule has 0 spiro atoms. The molecule has 2 heterocycles. The molecule has 0 aliphatic carbocycles. The standard InChI is InChI=1S/C22H17N3O3/c1-27-18-11-10-16(22-25-21-19(28-22)8-5-13-23-21)14-17(18)24-20(26)12-9-15-6-3-2-4-7-15/h2-14H,1H3,(H,24,26)/b12-9+. The highest BCUT2D eigenvalue weighted by atomic mass is 16.5. The Hall–Kier alpha value is -3.93. The third-order valence-electron chi connectivity index (χ3n) is 4.10. The molecule has 6 heteroatoms. The van der Waals surface area contributed by atoms with Gasteiger partial charge >= 0.3 is 0 Å². The minimum Gasteiger partial charge on any atom is -0.495 e. The normalized spacial score (nSPS) is 11.0. The second kappa shape index (κ2) is 7.75. The van der Waals surface area contributed by atoms with Gasteiger partial charge in [-0.1, -0.05) is 30.3 Å². The molecule has 0 saturated carbocycles. The van der Waals surface area contributed by atoms with Gasteiger partial charge in [0.15, 0.2) is 11.2 Å². The number of amides is 1. The van der Waals surface area contributed by atoms with Crippen molar-refractivity contribution in [2.24, 2.45) is 0 Å². The smallest absolute Gasteiger partial charge is 0.248 e. The van der Waals surface area contributed by atoms with Crippen molar-refractivity contribution in [3.05, 3.63) is 78.5 Å². The molecule has 1 amide bonds. The highest BCUT2D eigenvalue weighted by Gasteiger charge is 2.13. The third-order valence-corrected chi connectivity index (χ3v) is 4.10. The van der Waals surface area contributed by atoms with Crippen molar-refractivity contribution in [1.82, 2.24) is 9.97 Å². The number of fused-ring (bicyclic) bond motifs is 1. The molecule has 4 rings (SSSR count). The molecule has 0 radical (unpaired) electrons. The van der Waals surface area contributed by atoms with Crippen LogP contribution in [-0.2, 0) is 4.79 Å². The molecule has 0 bridgehead atoms. The lowest BCUT2D eigenvalue weighted by Crippen LogP contribution is -2.09.